The van der Waals surface area contributed by atoms with Gasteiger partial charge >= 0.3 is 0 Å². The molecule has 7 nitrogen and oxygen atoms in total. The summed E-state index contributed by atoms with van der Waals surface area (Å²) in [6.45, 7) is 13.4. The van der Waals surface area contributed by atoms with Crippen LogP contribution in [-0.4, -0.2) is 45.4 Å². The topological polar surface area (TPSA) is 99.1 Å². The van der Waals surface area contributed by atoms with Gasteiger partial charge in [0.25, 0.3) is 0 Å². The monoisotopic (exact) mass is 544 g/mol. The number of ketones is 2. The Morgan fingerprint density at radius 1 is 1.07 bits per heavy atom. The quantitative estimate of drug-likeness (QED) is 0.292. The number of benzene rings is 1. The minimum atomic E-state index is -1.49. The van der Waals surface area contributed by atoms with E-state index in [0.717, 1.165) is 11.9 Å². The van der Waals surface area contributed by atoms with Gasteiger partial charge in [-0.15, -0.1) is 0 Å². The van der Waals surface area contributed by atoms with Gasteiger partial charge in [0, 0.05) is 29.4 Å². The van der Waals surface area contributed by atoms with Gasteiger partial charge in [-0.3, -0.25) is 14.4 Å². The fourth-order valence-corrected chi connectivity index (χ4v) is 7.41. The molecule has 4 bridgehead atoms. The van der Waals surface area contributed by atoms with Gasteiger partial charge in [0.15, 0.2) is 22.8 Å². The second-order valence-corrected chi connectivity index (χ2v) is 13.1. The molecular weight excluding hydrogens is 508 g/mol. The lowest BCUT2D eigenvalue weighted by atomic mass is 9.51. The standard InChI is InChI=1S/C33H36O7/c1-17(2)8-9-21-27-20(11-12-30(4,5)38-27)25(35)24-26(36)22-14-19-15-23-31(6,7)40-32(29(19)37,13-10-18(3)16-34)33(22,23)39-28(21)24/h8,10-12,14,16,19,23,35H,9,13,15H2,1-7H3/b18-10+/t19?,23?,32-,33-/m1/s1. The molecule has 2 unspecified atom stereocenters. The number of Topliss-reactive ketones (excluding diaryl/α,β-unsaturated/α-hetero) is 2. The van der Waals surface area contributed by atoms with Gasteiger partial charge < -0.3 is 19.3 Å². The summed E-state index contributed by atoms with van der Waals surface area (Å²) in [5, 5.41) is 11.5. The molecular formula is C33H36O7. The summed E-state index contributed by atoms with van der Waals surface area (Å²) < 4.78 is 20.2. The van der Waals surface area contributed by atoms with Gasteiger partial charge in [0.1, 0.15) is 34.7 Å². The van der Waals surface area contributed by atoms with Gasteiger partial charge in [0.2, 0.25) is 0 Å². The van der Waals surface area contributed by atoms with E-state index in [9.17, 15) is 19.5 Å². The molecule has 0 aromatic heterocycles. The second kappa shape index (κ2) is 8.29. The smallest absolute Gasteiger partial charge is 0.200 e. The molecule has 0 radical (unpaired) electrons. The Morgan fingerprint density at radius 3 is 2.48 bits per heavy atom. The molecule has 1 spiro atoms. The maximum atomic E-state index is 14.5. The zero-order valence-corrected chi connectivity index (χ0v) is 24.1. The lowest BCUT2D eigenvalue weighted by Gasteiger charge is -2.56. The molecule has 3 heterocycles. The van der Waals surface area contributed by atoms with Crippen LogP contribution in [0.4, 0.5) is 0 Å². The predicted molar refractivity (Wildman–Crippen MR) is 150 cm³/mol. The fourth-order valence-electron chi connectivity index (χ4n) is 7.41. The number of phenolic OH excluding ortho intramolecular Hbond substituents is 1. The van der Waals surface area contributed by atoms with Crippen molar-refractivity contribution in [1.82, 2.24) is 0 Å². The molecule has 2 fully saturated rings. The number of carbonyl (C=O) groups excluding carboxylic acids is 3. The molecule has 1 saturated heterocycles. The van der Waals surface area contributed by atoms with Crippen LogP contribution in [0.15, 0.2) is 41.0 Å². The fraction of sp³-hybridized carbons (Fsp3) is 0.485. The van der Waals surface area contributed by atoms with Crippen molar-refractivity contribution >= 4 is 23.9 Å². The van der Waals surface area contributed by atoms with E-state index in [4.69, 9.17) is 14.2 Å². The van der Waals surface area contributed by atoms with Crippen LogP contribution in [0.2, 0.25) is 0 Å². The third-order valence-electron chi connectivity index (χ3n) is 9.23. The SMILES string of the molecule is CC(C)=CCc1c2c(c(O)c3c1O[C@]14C(=CC5CC1C(C)(C)O[C@]4(C/C=C(\C)C=O)C5=O)C3=O)C=CC(C)(C)O2. The molecule has 4 atom stereocenters. The summed E-state index contributed by atoms with van der Waals surface area (Å²) in [6, 6.07) is 0. The van der Waals surface area contributed by atoms with Crippen LogP contribution in [0.5, 0.6) is 17.2 Å². The van der Waals surface area contributed by atoms with Gasteiger partial charge in [-0.25, -0.2) is 0 Å². The van der Waals surface area contributed by atoms with Gasteiger partial charge in [-0.05, 0) is 79.0 Å². The third kappa shape index (κ3) is 3.30. The zero-order chi connectivity index (χ0) is 29.0. The van der Waals surface area contributed by atoms with Crippen molar-refractivity contribution in [1.29, 1.82) is 0 Å². The van der Waals surface area contributed by atoms with E-state index in [1.54, 1.807) is 25.2 Å². The molecule has 1 aromatic carbocycles. The van der Waals surface area contributed by atoms with Crippen molar-refractivity contribution in [2.24, 2.45) is 11.8 Å². The van der Waals surface area contributed by atoms with Crippen LogP contribution in [0, 0.1) is 11.8 Å². The molecule has 7 heteroatoms. The number of carbonyl (C=O) groups is 3. The molecule has 3 aliphatic heterocycles. The average Bonchev–Trinajstić information content (AvgIpc) is 3.03. The minimum absolute atomic E-state index is 0.0905. The summed E-state index contributed by atoms with van der Waals surface area (Å²) in [5.41, 5.74) is -1.26. The summed E-state index contributed by atoms with van der Waals surface area (Å²) in [7, 11) is 0. The molecule has 40 heavy (non-hydrogen) atoms. The number of allylic oxidation sites excluding steroid dienone is 4. The number of aromatic hydroxyl groups is 1. The van der Waals surface area contributed by atoms with Crippen LogP contribution in [0.25, 0.3) is 6.08 Å². The van der Waals surface area contributed by atoms with Gasteiger partial charge in [0.05, 0.1) is 11.2 Å². The van der Waals surface area contributed by atoms with E-state index in [1.807, 2.05) is 53.7 Å². The maximum absolute atomic E-state index is 14.5. The first-order chi connectivity index (χ1) is 18.7. The summed E-state index contributed by atoms with van der Waals surface area (Å²) >= 11 is 0. The first-order valence-corrected chi connectivity index (χ1v) is 13.9. The normalized spacial score (nSPS) is 31.9. The molecule has 1 N–H and O–H groups in total. The molecule has 1 aromatic rings. The van der Waals surface area contributed by atoms with E-state index in [0.29, 0.717) is 40.9 Å². The predicted octanol–water partition coefficient (Wildman–Crippen LogP) is 5.63. The second-order valence-electron chi connectivity index (χ2n) is 13.1. The molecule has 0 amide bonds. The van der Waals surface area contributed by atoms with Crippen LogP contribution in [0.3, 0.4) is 0 Å². The number of ether oxygens (including phenoxy) is 3. The number of rotatable bonds is 5. The molecule has 1 saturated carbocycles. The number of hydrogen-bond donors (Lipinski definition) is 1. The molecule has 6 aliphatic rings. The van der Waals surface area contributed by atoms with E-state index in [-0.39, 0.29) is 41.0 Å². The number of hydrogen-bond acceptors (Lipinski definition) is 7. The Hall–Kier alpha value is -3.45. The lowest BCUT2D eigenvalue weighted by molar-refractivity contribution is -0.171. The maximum Gasteiger partial charge on any atom is 0.200 e. The van der Waals surface area contributed by atoms with Crippen LogP contribution in [0.1, 0.15) is 82.8 Å². The average molecular weight is 545 g/mol. The van der Waals surface area contributed by atoms with Gasteiger partial charge in [-0.1, -0.05) is 23.8 Å². The Kier molecular flexibility index (Phi) is 5.54. The Balaban J connectivity index is 1.67. The van der Waals surface area contributed by atoms with Crippen molar-refractivity contribution in [3.05, 3.63) is 57.7 Å². The first-order valence-electron chi connectivity index (χ1n) is 13.9. The highest BCUT2D eigenvalue weighted by atomic mass is 16.6. The lowest BCUT2D eigenvalue weighted by Crippen LogP contribution is -2.72. The van der Waals surface area contributed by atoms with Crippen molar-refractivity contribution in [3.8, 4) is 17.2 Å². The molecule has 7 rings (SSSR count). The van der Waals surface area contributed by atoms with Gasteiger partial charge in [-0.2, -0.15) is 0 Å². The Bertz CT molecular complexity index is 1510. The van der Waals surface area contributed by atoms with Crippen molar-refractivity contribution in [3.63, 3.8) is 0 Å². The van der Waals surface area contributed by atoms with E-state index in [1.165, 1.54) is 0 Å². The zero-order valence-electron chi connectivity index (χ0n) is 24.1. The van der Waals surface area contributed by atoms with Crippen molar-refractivity contribution in [2.75, 3.05) is 0 Å². The summed E-state index contributed by atoms with van der Waals surface area (Å²) in [5.74, 6) is -0.814. The Labute approximate surface area is 234 Å². The van der Waals surface area contributed by atoms with Crippen LogP contribution < -0.4 is 9.47 Å². The molecule has 3 aliphatic carbocycles. The summed E-state index contributed by atoms with van der Waals surface area (Å²) in [6.07, 6.45) is 10.8. The van der Waals surface area contributed by atoms with E-state index in [2.05, 4.69) is 0 Å². The summed E-state index contributed by atoms with van der Waals surface area (Å²) in [4.78, 5) is 40.1. The van der Waals surface area contributed by atoms with Crippen molar-refractivity contribution < 1.29 is 33.7 Å². The Morgan fingerprint density at radius 2 is 1.80 bits per heavy atom. The number of aldehydes is 1. The number of phenols is 1. The van der Waals surface area contributed by atoms with Crippen molar-refractivity contribution in [2.45, 2.75) is 90.1 Å². The number of fused-ring (bicyclic) bond motifs is 2. The highest BCUT2D eigenvalue weighted by Crippen LogP contribution is 2.68. The van der Waals surface area contributed by atoms with Crippen LogP contribution in [-0.2, 0) is 20.7 Å². The highest BCUT2D eigenvalue weighted by Gasteiger charge is 2.81. The third-order valence-corrected chi connectivity index (χ3v) is 9.23. The molecule has 210 valence electrons. The van der Waals surface area contributed by atoms with E-state index < -0.39 is 28.3 Å². The highest BCUT2D eigenvalue weighted by molar-refractivity contribution is 6.19. The largest absolute Gasteiger partial charge is 0.506 e. The van der Waals surface area contributed by atoms with Crippen LogP contribution >= 0.6 is 0 Å². The first kappa shape index (κ1) is 26.8. The van der Waals surface area contributed by atoms with E-state index >= 15 is 0 Å². The minimum Gasteiger partial charge on any atom is -0.506 e.